The number of hydrogen-bond acceptors (Lipinski definition) is 4. The number of nitrogens with two attached hydrogens (primary N) is 1. The van der Waals surface area contributed by atoms with Crippen LogP contribution in [0.25, 0.3) is 10.9 Å². The van der Waals surface area contributed by atoms with Crippen LogP contribution in [0, 0.1) is 0 Å². The summed E-state index contributed by atoms with van der Waals surface area (Å²) >= 11 is 0. The van der Waals surface area contributed by atoms with Crippen molar-refractivity contribution in [2.24, 2.45) is 5.73 Å². The Morgan fingerprint density at radius 2 is 2.17 bits per heavy atom. The van der Waals surface area contributed by atoms with Crippen molar-refractivity contribution in [3.8, 4) is 0 Å². The number of rotatable bonds is 4. The molecule has 1 unspecified atom stereocenters. The number of aromatic nitrogens is 2. The molecular weight excluding hydrogens is 330 g/mol. The number of nitrogens with zero attached hydrogens (tertiary/aromatic N) is 2. The van der Waals surface area contributed by atoms with Crippen LogP contribution in [0.2, 0.25) is 0 Å². The van der Waals surface area contributed by atoms with Gasteiger partial charge in [0.15, 0.2) is 5.69 Å². The predicted molar refractivity (Wildman–Crippen MR) is 94.1 cm³/mol. The van der Waals surface area contributed by atoms with Gasteiger partial charge >= 0.3 is 0 Å². The monoisotopic (exact) mass is 351 g/mol. The summed E-state index contributed by atoms with van der Waals surface area (Å²) in [6.45, 7) is 1.66. The first-order valence-electron chi connectivity index (χ1n) is 7.90. The minimum absolute atomic E-state index is 0. The number of benzene rings is 1. The molecule has 1 aliphatic rings. The molecule has 7 nitrogen and oxygen atoms in total. The number of para-hydroxylation sites is 1. The summed E-state index contributed by atoms with van der Waals surface area (Å²) < 4.78 is 0. The van der Waals surface area contributed by atoms with Crippen LogP contribution in [0.15, 0.2) is 24.3 Å². The zero-order valence-corrected chi connectivity index (χ0v) is 14.1. The molecule has 0 spiro atoms. The van der Waals surface area contributed by atoms with E-state index in [1.54, 1.807) is 4.90 Å². The Morgan fingerprint density at radius 1 is 1.38 bits per heavy atom. The number of nitrogens with one attached hydrogen (secondary N) is 2. The van der Waals surface area contributed by atoms with Gasteiger partial charge < -0.3 is 16.0 Å². The number of piperidine rings is 1. The molecule has 8 heteroatoms. The maximum Gasteiger partial charge on any atom is 0.272 e. The lowest BCUT2D eigenvalue weighted by molar-refractivity contribution is -0.132. The molecule has 2 aromatic rings. The van der Waals surface area contributed by atoms with Crippen LogP contribution in [-0.2, 0) is 4.79 Å². The first-order chi connectivity index (χ1) is 11.1. The summed E-state index contributed by atoms with van der Waals surface area (Å²) in [5.41, 5.74) is 7.05. The number of carbonyl (C=O) groups is 2. The fraction of sp³-hybridized carbons (Fsp3) is 0.438. The molecule has 2 heterocycles. The first kappa shape index (κ1) is 18.2. The molecule has 24 heavy (non-hydrogen) atoms. The summed E-state index contributed by atoms with van der Waals surface area (Å²) in [5.74, 6) is -0.238. The van der Waals surface area contributed by atoms with Crippen molar-refractivity contribution in [2.45, 2.75) is 25.3 Å². The third-order valence-electron chi connectivity index (χ3n) is 4.12. The molecule has 0 radical (unpaired) electrons. The molecule has 1 aliphatic heterocycles. The van der Waals surface area contributed by atoms with Gasteiger partial charge in [0.2, 0.25) is 5.91 Å². The molecule has 4 N–H and O–H groups in total. The molecule has 0 bridgehead atoms. The van der Waals surface area contributed by atoms with E-state index in [2.05, 4.69) is 15.5 Å². The summed E-state index contributed by atoms with van der Waals surface area (Å²) in [6.07, 6.45) is 2.19. The summed E-state index contributed by atoms with van der Waals surface area (Å²) in [7, 11) is 0. The van der Waals surface area contributed by atoms with Crippen LogP contribution in [0.4, 0.5) is 0 Å². The Bertz CT molecular complexity index is 717. The molecule has 3 rings (SSSR count). The van der Waals surface area contributed by atoms with E-state index in [9.17, 15) is 9.59 Å². The summed E-state index contributed by atoms with van der Waals surface area (Å²) in [4.78, 5) is 26.1. The Morgan fingerprint density at radius 3 is 2.96 bits per heavy atom. The maximum absolute atomic E-state index is 12.2. The molecule has 1 aromatic heterocycles. The largest absolute Gasteiger partial charge is 0.350 e. The van der Waals surface area contributed by atoms with Gasteiger partial charge in [-0.05, 0) is 18.9 Å². The lowest BCUT2D eigenvalue weighted by Gasteiger charge is -2.30. The third kappa shape index (κ3) is 4.04. The highest BCUT2D eigenvalue weighted by atomic mass is 35.5. The molecular formula is C16H22ClN5O2. The minimum Gasteiger partial charge on any atom is -0.350 e. The van der Waals surface area contributed by atoms with E-state index in [4.69, 9.17) is 5.73 Å². The van der Waals surface area contributed by atoms with Crippen molar-refractivity contribution in [1.29, 1.82) is 0 Å². The maximum atomic E-state index is 12.2. The Kier molecular flexibility index (Phi) is 6.16. The lowest BCUT2D eigenvalue weighted by Crippen LogP contribution is -2.46. The average Bonchev–Trinajstić information content (AvgIpc) is 2.98. The molecule has 1 aromatic carbocycles. The Balaban J connectivity index is 0.00000208. The number of hydrogen-bond donors (Lipinski definition) is 3. The van der Waals surface area contributed by atoms with E-state index >= 15 is 0 Å². The predicted octanol–water partition coefficient (Wildman–Crippen LogP) is 1.05. The number of carbonyl (C=O) groups excluding carboxylic acids is 2. The van der Waals surface area contributed by atoms with Gasteiger partial charge in [-0.2, -0.15) is 5.10 Å². The highest BCUT2D eigenvalue weighted by Gasteiger charge is 2.21. The number of aromatic amines is 1. The van der Waals surface area contributed by atoms with E-state index in [0.29, 0.717) is 18.8 Å². The number of halogens is 1. The van der Waals surface area contributed by atoms with Crippen molar-refractivity contribution in [2.75, 3.05) is 19.6 Å². The smallest absolute Gasteiger partial charge is 0.272 e. The fourth-order valence-corrected chi connectivity index (χ4v) is 2.90. The van der Waals surface area contributed by atoms with Crippen LogP contribution in [0.1, 0.15) is 29.8 Å². The summed E-state index contributed by atoms with van der Waals surface area (Å²) in [5, 5.41) is 10.4. The quantitative estimate of drug-likeness (QED) is 0.765. The van der Waals surface area contributed by atoms with Crippen LogP contribution in [-0.4, -0.2) is 52.6 Å². The molecule has 2 amide bonds. The van der Waals surface area contributed by atoms with Gasteiger partial charge in [-0.15, -0.1) is 12.4 Å². The Labute approximate surface area is 146 Å². The number of likely N-dealkylation sites (tertiary alicyclic amines) is 1. The van der Waals surface area contributed by atoms with Gasteiger partial charge in [0, 0.05) is 37.5 Å². The van der Waals surface area contributed by atoms with Crippen molar-refractivity contribution in [1.82, 2.24) is 20.4 Å². The molecule has 130 valence electrons. The Hall–Kier alpha value is -2.12. The number of fused-ring (bicyclic) bond motifs is 1. The van der Waals surface area contributed by atoms with Gasteiger partial charge in [0.1, 0.15) is 0 Å². The van der Waals surface area contributed by atoms with Crippen molar-refractivity contribution >= 4 is 35.1 Å². The van der Waals surface area contributed by atoms with Crippen LogP contribution in [0.3, 0.4) is 0 Å². The van der Waals surface area contributed by atoms with Crippen molar-refractivity contribution < 1.29 is 9.59 Å². The lowest BCUT2D eigenvalue weighted by atomic mass is 10.1. The topological polar surface area (TPSA) is 104 Å². The van der Waals surface area contributed by atoms with Crippen LogP contribution < -0.4 is 11.1 Å². The molecule has 1 fully saturated rings. The second kappa shape index (κ2) is 8.12. The molecule has 0 aliphatic carbocycles. The SMILES string of the molecule is Cl.NC1CCCN(C(=O)CCNC(=O)c2n[nH]c3ccccc23)C1. The second-order valence-electron chi connectivity index (χ2n) is 5.87. The third-order valence-corrected chi connectivity index (χ3v) is 4.12. The number of amides is 2. The van der Waals surface area contributed by atoms with E-state index in [-0.39, 0.29) is 36.7 Å². The van der Waals surface area contributed by atoms with Crippen LogP contribution >= 0.6 is 12.4 Å². The second-order valence-corrected chi connectivity index (χ2v) is 5.87. The highest BCUT2D eigenvalue weighted by Crippen LogP contribution is 2.14. The van der Waals surface area contributed by atoms with Crippen molar-refractivity contribution in [3.63, 3.8) is 0 Å². The molecule has 0 saturated carbocycles. The van der Waals surface area contributed by atoms with E-state index < -0.39 is 0 Å². The van der Waals surface area contributed by atoms with Crippen molar-refractivity contribution in [3.05, 3.63) is 30.0 Å². The zero-order valence-electron chi connectivity index (χ0n) is 13.3. The van der Waals surface area contributed by atoms with Crippen LogP contribution in [0.5, 0.6) is 0 Å². The highest BCUT2D eigenvalue weighted by molar-refractivity contribution is 6.04. The standard InChI is InChI=1S/C16H21N5O2.ClH/c17-11-4-3-9-21(10-11)14(22)7-8-18-16(23)15-12-5-1-2-6-13(12)19-20-15;/h1-2,5-6,11H,3-4,7-10,17H2,(H,18,23)(H,19,20);1H. The van der Waals surface area contributed by atoms with Gasteiger partial charge in [-0.1, -0.05) is 18.2 Å². The number of H-pyrrole nitrogens is 1. The average molecular weight is 352 g/mol. The van der Waals surface area contributed by atoms with Gasteiger partial charge in [-0.3, -0.25) is 14.7 Å². The molecule has 1 saturated heterocycles. The minimum atomic E-state index is -0.273. The first-order valence-corrected chi connectivity index (χ1v) is 7.90. The van der Waals surface area contributed by atoms with Gasteiger partial charge in [0.25, 0.3) is 5.91 Å². The zero-order chi connectivity index (χ0) is 16.2. The van der Waals surface area contributed by atoms with Gasteiger partial charge in [-0.25, -0.2) is 0 Å². The van der Waals surface area contributed by atoms with Gasteiger partial charge in [0.05, 0.1) is 5.52 Å². The normalized spacial score (nSPS) is 17.4. The summed E-state index contributed by atoms with van der Waals surface area (Å²) in [6, 6.07) is 7.51. The fourth-order valence-electron chi connectivity index (χ4n) is 2.90. The van der Waals surface area contributed by atoms with E-state index in [1.807, 2.05) is 24.3 Å². The van der Waals surface area contributed by atoms with E-state index in [1.165, 1.54) is 0 Å². The molecule has 1 atom stereocenters. The van der Waals surface area contributed by atoms with E-state index in [0.717, 1.165) is 30.3 Å².